The first-order chi connectivity index (χ1) is 14.9. The van der Waals surface area contributed by atoms with E-state index in [-0.39, 0.29) is 0 Å². The van der Waals surface area contributed by atoms with E-state index >= 15 is 0 Å². The molecule has 5 N–H and O–H groups in total. The van der Waals surface area contributed by atoms with E-state index in [0.29, 0.717) is 5.70 Å². The summed E-state index contributed by atoms with van der Waals surface area (Å²) in [5, 5.41) is 6.48. The highest BCUT2D eigenvalue weighted by atomic mass is 14.9. The molecule has 1 aromatic heterocycles. The number of nitrogens with one attached hydrogen (secondary N) is 3. The highest BCUT2D eigenvalue weighted by Gasteiger charge is 2.11. The van der Waals surface area contributed by atoms with Crippen LogP contribution in [0.3, 0.4) is 0 Å². The van der Waals surface area contributed by atoms with Gasteiger partial charge in [0.1, 0.15) is 0 Å². The number of para-hydroxylation sites is 1. The van der Waals surface area contributed by atoms with Gasteiger partial charge in [-0.25, -0.2) is 0 Å². The fourth-order valence-corrected chi connectivity index (χ4v) is 3.60. The molecule has 0 fully saturated rings. The van der Waals surface area contributed by atoms with E-state index in [4.69, 9.17) is 5.73 Å². The Kier molecular flexibility index (Phi) is 6.83. The SMILES string of the molecule is C=CNc1ccc(/C(N)=C/Nc2ccccc2)cc1/C(C)=C/c1[nH]c(C)c(C=C)c1C. The summed E-state index contributed by atoms with van der Waals surface area (Å²) in [6.45, 7) is 14.0. The highest BCUT2D eigenvalue weighted by molar-refractivity contribution is 5.88. The van der Waals surface area contributed by atoms with Crippen LogP contribution < -0.4 is 16.4 Å². The zero-order valence-corrected chi connectivity index (χ0v) is 18.4. The molecular weight excluding hydrogens is 380 g/mol. The predicted molar refractivity (Wildman–Crippen MR) is 136 cm³/mol. The molecule has 0 aliphatic heterocycles. The molecule has 0 saturated heterocycles. The van der Waals surface area contributed by atoms with Crippen LogP contribution in [0.2, 0.25) is 0 Å². The zero-order chi connectivity index (χ0) is 22.4. The molecule has 2 aromatic carbocycles. The Morgan fingerprint density at radius 2 is 1.77 bits per heavy atom. The van der Waals surface area contributed by atoms with Crippen molar-refractivity contribution in [2.24, 2.45) is 5.73 Å². The minimum atomic E-state index is 0.656. The van der Waals surface area contributed by atoms with Crippen LogP contribution in [0.1, 0.15) is 40.6 Å². The molecule has 4 heteroatoms. The average molecular weight is 411 g/mol. The van der Waals surface area contributed by atoms with Crippen molar-refractivity contribution in [1.29, 1.82) is 0 Å². The molecule has 0 aliphatic rings. The predicted octanol–water partition coefficient (Wildman–Crippen LogP) is 6.76. The molecule has 0 spiro atoms. The summed E-state index contributed by atoms with van der Waals surface area (Å²) in [5.41, 5.74) is 16.6. The van der Waals surface area contributed by atoms with Crippen LogP contribution in [-0.4, -0.2) is 4.98 Å². The van der Waals surface area contributed by atoms with Gasteiger partial charge in [-0.15, -0.1) is 0 Å². The third kappa shape index (κ3) is 4.98. The maximum Gasteiger partial charge on any atom is 0.0550 e. The summed E-state index contributed by atoms with van der Waals surface area (Å²) in [4.78, 5) is 3.46. The molecule has 1 heterocycles. The second kappa shape index (κ2) is 9.72. The third-order valence-corrected chi connectivity index (χ3v) is 5.30. The van der Waals surface area contributed by atoms with Crippen LogP contribution in [0.5, 0.6) is 0 Å². The Hall–Kier alpha value is -3.92. The van der Waals surface area contributed by atoms with Gasteiger partial charge >= 0.3 is 0 Å². The van der Waals surface area contributed by atoms with Crippen molar-refractivity contribution in [1.82, 2.24) is 4.98 Å². The Morgan fingerprint density at radius 3 is 2.42 bits per heavy atom. The number of allylic oxidation sites excluding steroid dienone is 1. The van der Waals surface area contributed by atoms with Crippen LogP contribution in [0.25, 0.3) is 23.4 Å². The lowest BCUT2D eigenvalue weighted by atomic mass is 9.99. The lowest BCUT2D eigenvalue weighted by Gasteiger charge is -2.13. The lowest BCUT2D eigenvalue weighted by molar-refractivity contribution is 1.24. The molecule has 0 unspecified atom stereocenters. The van der Waals surface area contributed by atoms with Crippen LogP contribution in [0.4, 0.5) is 11.4 Å². The number of rotatable bonds is 8. The number of hydrogen-bond donors (Lipinski definition) is 4. The summed E-state index contributed by atoms with van der Waals surface area (Å²) in [5.74, 6) is 0. The van der Waals surface area contributed by atoms with Crippen molar-refractivity contribution < 1.29 is 0 Å². The van der Waals surface area contributed by atoms with Crippen molar-refractivity contribution in [3.05, 3.63) is 108 Å². The molecule has 0 radical (unpaired) electrons. The first kappa shape index (κ1) is 21.8. The second-order valence-electron chi connectivity index (χ2n) is 7.45. The second-order valence-corrected chi connectivity index (χ2v) is 7.45. The van der Waals surface area contributed by atoms with Crippen molar-refractivity contribution in [3.8, 4) is 0 Å². The number of hydrogen-bond acceptors (Lipinski definition) is 3. The number of aromatic amines is 1. The van der Waals surface area contributed by atoms with E-state index in [0.717, 1.165) is 45.0 Å². The zero-order valence-electron chi connectivity index (χ0n) is 18.4. The smallest absolute Gasteiger partial charge is 0.0550 e. The Balaban J connectivity index is 1.98. The van der Waals surface area contributed by atoms with Gasteiger partial charge in [0.2, 0.25) is 0 Å². The number of aryl methyl sites for hydroxylation is 1. The van der Waals surface area contributed by atoms with Gasteiger partial charge in [-0.05, 0) is 79.6 Å². The topological polar surface area (TPSA) is 65.9 Å². The normalized spacial score (nSPS) is 11.8. The fraction of sp³-hybridized carbons (Fsp3) is 0.111. The largest absolute Gasteiger partial charge is 0.397 e. The third-order valence-electron chi connectivity index (χ3n) is 5.30. The van der Waals surface area contributed by atoms with Crippen LogP contribution in [0, 0.1) is 13.8 Å². The number of aromatic nitrogens is 1. The molecule has 0 amide bonds. The van der Waals surface area contributed by atoms with Crippen molar-refractivity contribution >= 4 is 34.8 Å². The maximum atomic E-state index is 6.38. The number of anilines is 2. The van der Waals surface area contributed by atoms with E-state index in [2.05, 4.69) is 61.7 Å². The number of H-pyrrole nitrogens is 1. The van der Waals surface area contributed by atoms with E-state index in [1.54, 1.807) is 6.20 Å². The Bertz CT molecular complexity index is 1150. The summed E-state index contributed by atoms with van der Waals surface area (Å²) in [7, 11) is 0. The quantitative estimate of drug-likeness (QED) is 0.332. The average Bonchev–Trinajstić information content (AvgIpc) is 3.05. The van der Waals surface area contributed by atoms with E-state index < -0.39 is 0 Å². The minimum Gasteiger partial charge on any atom is -0.397 e. The summed E-state index contributed by atoms with van der Waals surface area (Å²) >= 11 is 0. The number of nitrogens with two attached hydrogens (primary N) is 1. The van der Waals surface area contributed by atoms with Crippen LogP contribution in [0.15, 0.2) is 74.1 Å². The molecule has 0 aliphatic carbocycles. The van der Waals surface area contributed by atoms with Crippen LogP contribution in [-0.2, 0) is 0 Å². The molecule has 0 atom stereocenters. The van der Waals surface area contributed by atoms with Crippen molar-refractivity contribution in [3.63, 3.8) is 0 Å². The fourth-order valence-electron chi connectivity index (χ4n) is 3.60. The monoisotopic (exact) mass is 410 g/mol. The molecular formula is C27H30N4. The van der Waals surface area contributed by atoms with Gasteiger partial charge in [-0.1, -0.05) is 43.5 Å². The summed E-state index contributed by atoms with van der Waals surface area (Å²) in [6, 6.07) is 16.1. The Labute approximate surface area is 184 Å². The van der Waals surface area contributed by atoms with Gasteiger partial charge in [0, 0.05) is 34.5 Å². The highest BCUT2D eigenvalue weighted by Crippen LogP contribution is 2.30. The first-order valence-corrected chi connectivity index (χ1v) is 10.2. The van der Waals surface area contributed by atoms with Gasteiger partial charge in [0.15, 0.2) is 0 Å². The Morgan fingerprint density at radius 1 is 1.03 bits per heavy atom. The molecule has 0 saturated carbocycles. The van der Waals surface area contributed by atoms with Gasteiger partial charge in [0.05, 0.1) is 5.70 Å². The molecule has 31 heavy (non-hydrogen) atoms. The van der Waals surface area contributed by atoms with E-state index in [9.17, 15) is 0 Å². The standard InChI is InChI=1S/C27H30N4/c1-6-23-19(4)27(31-20(23)5)15-18(3)24-16-21(13-14-26(24)29-7-2)25(28)17-30-22-11-9-8-10-12-22/h6-17,29-31H,1-2,28H2,3-5H3/b18-15+,25-17-. The maximum absolute atomic E-state index is 6.38. The van der Waals surface area contributed by atoms with Gasteiger partial charge in [-0.3, -0.25) is 0 Å². The molecule has 158 valence electrons. The van der Waals surface area contributed by atoms with Gasteiger partial charge in [-0.2, -0.15) is 0 Å². The van der Waals surface area contributed by atoms with Crippen molar-refractivity contribution in [2.75, 3.05) is 10.6 Å². The molecule has 3 aromatic rings. The lowest BCUT2D eigenvalue weighted by Crippen LogP contribution is -2.02. The number of benzene rings is 2. The minimum absolute atomic E-state index is 0.656. The van der Waals surface area contributed by atoms with Crippen LogP contribution >= 0.6 is 0 Å². The van der Waals surface area contributed by atoms with Gasteiger partial charge < -0.3 is 21.4 Å². The summed E-state index contributed by atoms with van der Waals surface area (Å²) in [6.07, 6.45) is 7.56. The summed E-state index contributed by atoms with van der Waals surface area (Å²) < 4.78 is 0. The molecule has 3 rings (SSSR count). The van der Waals surface area contributed by atoms with Gasteiger partial charge in [0.25, 0.3) is 0 Å². The molecule has 0 bridgehead atoms. The van der Waals surface area contributed by atoms with E-state index in [1.165, 1.54) is 5.56 Å². The molecule has 4 nitrogen and oxygen atoms in total. The van der Waals surface area contributed by atoms with E-state index in [1.807, 2.05) is 54.7 Å². The van der Waals surface area contributed by atoms with Crippen molar-refractivity contribution in [2.45, 2.75) is 20.8 Å². The first-order valence-electron chi connectivity index (χ1n) is 10.2.